The quantitative estimate of drug-likeness (QED) is 0.286. The van der Waals surface area contributed by atoms with Crippen molar-refractivity contribution >= 4 is 0 Å². The molecular formula is C18H38O13. The average Bonchev–Trinajstić information content (AvgIpc) is 2.75. The van der Waals surface area contributed by atoms with E-state index in [0.717, 1.165) is 28.3 Å². The zero-order chi connectivity index (χ0) is 24.5. The molecule has 0 aliphatic carbocycles. The summed E-state index contributed by atoms with van der Waals surface area (Å²) < 4.78 is 57.9. The Labute approximate surface area is 183 Å². The number of hydrogen-bond acceptors (Lipinski definition) is 13. The van der Waals surface area contributed by atoms with Crippen LogP contribution in [0.15, 0.2) is 0 Å². The summed E-state index contributed by atoms with van der Waals surface area (Å²) >= 11 is 0. The first kappa shape index (κ1) is 30.5. The van der Waals surface area contributed by atoms with E-state index < -0.39 is 42.6 Å². The molecule has 0 fully saturated rings. The summed E-state index contributed by atoms with van der Waals surface area (Å²) in [5.41, 5.74) is 0. The SMILES string of the molecule is CO[C@@H](C)C(OC(OC)(OC(C)(OC)OC)O[C@@](O)(OC)O[C@@](C)(O)OC)[C@@H](C)OC. The lowest BCUT2D eigenvalue weighted by atomic mass is 10.1. The van der Waals surface area contributed by atoms with E-state index in [1.165, 1.54) is 35.4 Å². The van der Waals surface area contributed by atoms with Crippen LogP contribution in [0.4, 0.5) is 0 Å². The zero-order valence-corrected chi connectivity index (χ0v) is 20.1. The lowest BCUT2D eigenvalue weighted by Gasteiger charge is -2.44. The van der Waals surface area contributed by atoms with Crippen LogP contribution < -0.4 is 0 Å². The number of aliphatic hydroxyl groups is 2. The molecular weight excluding hydrogens is 424 g/mol. The van der Waals surface area contributed by atoms with Gasteiger partial charge in [-0.25, -0.2) is 14.2 Å². The molecule has 2 unspecified atom stereocenters. The van der Waals surface area contributed by atoms with Gasteiger partial charge in [0.2, 0.25) is 0 Å². The maximum atomic E-state index is 10.7. The summed E-state index contributed by atoms with van der Waals surface area (Å²) in [5.74, 6) is -4.14. The van der Waals surface area contributed by atoms with Crippen molar-refractivity contribution in [1.29, 1.82) is 0 Å². The highest BCUT2D eigenvalue weighted by Crippen LogP contribution is 2.34. The molecule has 0 amide bonds. The Hall–Kier alpha value is -0.520. The van der Waals surface area contributed by atoms with Crippen molar-refractivity contribution in [1.82, 2.24) is 0 Å². The summed E-state index contributed by atoms with van der Waals surface area (Å²) in [6.45, 7) is 5.84. The predicted molar refractivity (Wildman–Crippen MR) is 103 cm³/mol. The summed E-state index contributed by atoms with van der Waals surface area (Å²) in [7, 11) is 8.76. The normalized spacial score (nSPS) is 21.6. The van der Waals surface area contributed by atoms with Crippen molar-refractivity contribution in [3.05, 3.63) is 0 Å². The molecule has 0 saturated carbocycles. The lowest BCUT2D eigenvalue weighted by Crippen LogP contribution is -2.60. The van der Waals surface area contributed by atoms with E-state index in [0.29, 0.717) is 0 Å². The molecule has 0 aromatic carbocycles. The maximum Gasteiger partial charge on any atom is 0.423 e. The molecule has 0 heterocycles. The molecule has 31 heavy (non-hydrogen) atoms. The van der Waals surface area contributed by atoms with Crippen molar-refractivity contribution in [2.24, 2.45) is 0 Å². The van der Waals surface area contributed by atoms with Crippen molar-refractivity contribution < 1.29 is 62.3 Å². The van der Waals surface area contributed by atoms with E-state index in [2.05, 4.69) is 0 Å². The van der Waals surface area contributed by atoms with Crippen LogP contribution in [0.1, 0.15) is 27.7 Å². The van der Waals surface area contributed by atoms with E-state index >= 15 is 0 Å². The smallest absolute Gasteiger partial charge is 0.379 e. The van der Waals surface area contributed by atoms with Crippen LogP contribution in [0, 0.1) is 0 Å². The Bertz CT molecular complexity index is 491. The van der Waals surface area contributed by atoms with Crippen LogP contribution >= 0.6 is 0 Å². The van der Waals surface area contributed by atoms with Crippen LogP contribution in [0.25, 0.3) is 0 Å². The Morgan fingerprint density at radius 2 is 1.10 bits per heavy atom. The van der Waals surface area contributed by atoms with Crippen LogP contribution in [0.5, 0.6) is 0 Å². The number of hydrogen-bond donors (Lipinski definition) is 2. The molecule has 0 aliphatic heterocycles. The van der Waals surface area contributed by atoms with Gasteiger partial charge in [0, 0.05) is 63.6 Å². The minimum atomic E-state index is -3.00. The molecule has 0 spiro atoms. The van der Waals surface area contributed by atoms with Gasteiger partial charge in [0.05, 0.1) is 12.2 Å². The second-order valence-corrected chi connectivity index (χ2v) is 6.57. The molecule has 0 rings (SSSR count). The van der Waals surface area contributed by atoms with Crippen LogP contribution in [0.3, 0.4) is 0 Å². The summed E-state index contributed by atoms with van der Waals surface area (Å²) in [6.07, 6.45) is -7.66. The number of ether oxygens (including phenoxy) is 11. The fourth-order valence-corrected chi connectivity index (χ4v) is 2.15. The maximum absolute atomic E-state index is 10.7. The molecule has 0 bridgehead atoms. The van der Waals surface area contributed by atoms with Crippen molar-refractivity contribution in [2.45, 2.75) is 70.3 Å². The summed E-state index contributed by atoms with van der Waals surface area (Å²) in [4.78, 5) is 0. The third-order valence-corrected chi connectivity index (χ3v) is 4.46. The van der Waals surface area contributed by atoms with E-state index in [4.69, 9.17) is 52.1 Å². The summed E-state index contributed by atoms with van der Waals surface area (Å²) in [5, 5.41) is 20.8. The van der Waals surface area contributed by atoms with Gasteiger partial charge in [-0.2, -0.15) is 0 Å². The van der Waals surface area contributed by atoms with Gasteiger partial charge in [0.1, 0.15) is 6.10 Å². The molecule has 13 nitrogen and oxygen atoms in total. The summed E-state index contributed by atoms with van der Waals surface area (Å²) in [6, 6.07) is 0. The molecule has 0 aromatic heterocycles. The van der Waals surface area contributed by atoms with Gasteiger partial charge in [-0.15, -0.1) is 0 Å². The fourth-order valence-electron chi connectivity index (χ4n) is 2.15. The van der Waals surface area contributed by atoms with E-state index in [1.807, 2.05) is 0 Å². The highest BCUT2D eigenvalue weighted by molar-refractivity contribution is 4.74. The molecule has 13 heteroatoms. The number of rotatable bonds is 17. The van der Waals surface area contributed by atoms with Gasteiger partial charge < -0.3 is 43.4 Å². The van der Waals surface area contributed by atoms with Crippen LogP contribution in [-0.4, -0.2) is 103 Å². The predicted octanol–water partition coefficient (Wildman–Crippen LogP) is 0.278. The Morgan fingerprint density at radius 3 is 1.42 bits per heavy atom. The van der Waals surface area contributed by atoms with Crippen molar-refractivity contribution in [2.75, 3.05) is 49.8 Å². The largest absolute Gasteiger partial charge is 0.423 e. The molecule has 0 aromatic rings. The molecule has 2 N–H and O–H groups in total. The topological polar surface area (TPSA) is 142 Å². The van der Waals surface area contributed by atoms with Crippen LogP contribution in [0.2, 0.25) is 0 Å². The van der Waals surface area contributed by atoms with Crippen LogP contribution in [-0.2, 0) is 52.1 Å². The highest BCUT2D eigenvalue weighted by Gasteiger charge is 2.55. The van der Waals surface area contributed by atoms with E-state index in [9.17, 15) is 10.2 Å². The van der Waals surface area contributed by atoms with Gasteiger partial charge in [-0.3, -0.25) is 4.74 Å². The highest BCUT2D eigenvalue weighted by atomic mass is 17.1. The van der Waals surface area contributed by atoms with Gasteiger partial charge in [0.25, 0.3) is 11.9 Å². The second kappa shape index (κ2) is 12.6. The van der Waals surface area contributed by atoms with Gasteiger partial charge in [0.15, 0.2) is 0 Å². The monoisotopic (exact) mass is 462 g/mol. The number of methoxy groups -OCH3 is 7. The first-order valence-corrected chi connectivity index (χ1v) is 9.28. The zero-order valence-electron chi connectivity index (χ0n) is 20.1. The molecule has 0 radical (unpaired) electrons. The Balaban J connectivity index is 6.32. The Morgan fingerprint density at radius 1 is 0.613 bits per heavy atom. The van der Waals surface area contributed by atoms with Crippen molar-refractivity contribution in [3.63, 3.8) is 0 Å². The van der Waals surface area contributed by atoms with Gasteiger partial charge in [-0.1, -0.05) is 0 Å². The second-order valence-electron chi connectivity index (χ2n) is 6.57. The van der Waals surface area contributed by atoms with Crippen molar-refractivity contribution in [3.8, 4) is 0 Å². The molecule has 0 saturated heterocycles. The third kappa shape index (κ3) is 9.09. The van der Waals surface area contributed by atoms with E-state index in [1.54, 1.807) is 13.8 Å². The molecule has 0 aliphatic rings. The average molecular weight is 462 g/mol. The first-order valence-electron chi connectivity index (χ1n) is 9.28. The minimum absolute atomic E-state index is 0.577. The standard InChI is InChI=1S/C18H38O13/c1-12(21-5)14(13(2)22-6)28-18(27-11,30-16(4,24-8)25-9)31-17(20,26-10)29-15(3,19)23-7/h12-14,19-20H,1-11H3/t12-,13+,14?,15-,17-,18?/m0/s1. The third-order valence-electron chi connectivity index (χ3n) is 4.46. The molecule has 6 atom stereocenters. The van der Waals surface area contributed by atoms with Gasteiger partial charge >= 0.3 is 12.3 Å². The van der Waals surface area contributed by atoms with E-state index in [-0.39, 0.29) is 0 Å². The molecule has 188 valence electrons. The minimum Gasteiger partial charge on any atom is -0.379 e. The first-order chi connectivity index (χ1) is 14.2. The fraction of sp³-hybridized carbons (Fsp3) is 1.00. The Kier molecular flexibility index (Phi) is 12.4. The lowest BCUT2D eigenvalue weighted by molar-refractivity contribution is -0.661. The van der Waals surface area contributed by atoms with Gasteiger partial charge in [-0.05, 0) is 13.8 Å².